The van der Waals surface area contributed by atoms with Crippen molar-refractivity contribution < 1.29 is 4.79 Å². The van der Waals surface area contributed by atoms with Crippen LogP contribution in [-0.2, 0) is 17.6 Å². The van der Waals surface area contributed by atoms with E-state index >= 15 is 0 Å². The maximum atomic E-state index is 13.8. The number of aryl methyl sites for hydroxylation is 5. The number of nitrogens with one attached hydrogen (secondary N) is 1. The molecule has 34 heavy (non-hydrogen) atoms. The fourth-order valence-electron chi connectivity index (χ4n) is 4.47. The van der Waals surface area contributed by atoms with Crippen LogP contribution in [0.15, 0.2) is 52.4 Å². The number of thiophene rings is 1. The zero-order chi connectivity index (χ0) is 23.8. The molecule has 1 aliphatic rings. The number of nitrogens with zero attached hydrogens (tertiary/aromatic N) is 2. The predicted octanol–water partition coefficient (Wildman–Crippen LogP) is 5.98. The molecule has 0 fully saturated rings. The van der Waals surface area contributed by atoms with Crippen LogP contribution in [0, 0.1) is 20.8 Å². The van der Waals surface area contributed by atoms with E-state index in [4.69, 9.17) is 4.98 Å². The topological polar surface area (TPSA) is 64.0 Å². The minimum atomic E-state index is -0.118. The summed E-state index contributed by atoms with van der Waals surface area (Å²) in [6.07, 6.45) is 4.22. The average Bonchev–Trinajstić information content (AvgIpc) is 3.19. The van der Waals surface area contributed by atoms with E-state index in [1.165, 1.54) is 22.2 Å². The molecular weight excluding hydrogens is 462 g/mol. The summed E-state index contributed by atoms with van der Waals surface area (Å²) in [4.78, 5) is 33.6. The summed E-state index contributed by atoms with van der Waals surface area (Å²) in [7, 11) is 0. The van der Waals surface area contributed by atoms with Gasteiger partial charge in [-0.1, -0.05) is 47.2 Å². The van der Waals surface area contributed by atoms with Crippen molar-refractivity contribution in [1.82, 2.24) is 9.55 Å². The van der Waals surface area contributed by atoms with Gasteiger partial charge in [0.1, 0.15) is 4.83 Å². The molecular formula is C27H27N3O2S2. The Kier molecular flexibility index (Phi) is 6.32. The SMILES string of the molecule is Cc1ccc(-n2c(SCC(=O)Nc3ccc(C)cc3C)nc3sc4c(c3c2=O)CCCC4)cc1. The van der Waals surface area contributed by atoms with Gasteiger partial charge in [0.15, 0.2) is 5.16 Å². The van der Waals surface area contributed by atoms with Crippen LogP contribution in [0.25, 0.3) is 15.9 Å². The molecule has 4 aromatic rings. The monoisotopic (exact) mass is 489 g/mol. The zero-order valence-electron chi connectivity index (χ0n) is 19.6. The van der Waals surface area contributed by atoms with Crippen molar-refractivity contribution >= 4 is 44.9 Å². The molecule has 174 valence electrons. The highest BCUT2D eigenvalue weighted by Crippen LogP contribution is 2.35. The Balaban J connectivity index is 1.51. The fourth-order valence-corrected chi connectivity index (χ4v) is 6.59. The van der Waals surface area contributed by atoms with E-state index in [9.17, 15) is 9.59 Å². The quantitative estimate of drug-likeness (QED) is 0.277. The number of rotatable bonds is 5. The molecule has 0 atom stereocenters. The number of amides is 1. The Bertz CT molecular complexity index is 1450. The van der Waals surface area contributed by atoms with Crippen LogP contribution in [0.1, 0.15) is 40.0 Å². The van der Waals surface area contributed by atoms with Crippen molar-refractivity contribution in [3.05, 3.63) is 79.9 Å². The lowest BCUT2D eigenvalue weighted by molar-refractivity contribution is -0.113. The van der Waals surface area contributed by atoms with Gasteiger partial charge < -0.3 is 5.32 Å². The number of carbonyl (C=O) groups is 1. The second-order valence-corrected chi connectivity index (χ2v) is 10.9. The van der Waals surface area contributed by atoms with Crippen LogP contribution >= 0.6 is 23.1 Å². The second kappa shape index (κ2) is 9.39. The Morgan fingerprint density at radius 1 is 1.06 bits per heavy atom. The van der Waals surface area contributed by atoms with Crippen LogP contribution in [-0.4, -0.2) is 21.2 Å². The van der Waals surface area contributed by atoms with Crippen molar-refractivity contribution in [2.45, 2.75) is 51.6 Å². The summed E-state index contributed by atoms with van der Waals surface area (Å²) < 4.78 is 1.68. The molecule has 0 saturated heterocycles. The first-order chi connectivity index (χ1) is 16.4. The molecule has 5 nitrogen and oxygen atoms in total. The van der Waals surface area contributed by atoms with Crippen LogP contribution in [0.3, 0.4) is 0 Å². The minimum absolute atomic E-state index is 0.0365. The Hall–Kier alpha value is -2.90. The van der Waals surface area contributed by atoms with Crippen molar-refractivity contribution in [1.29, 1.82) is 0 Å². The normalized spacial score (nSPS) is 13.1. The largest absolute Gasteiger partial charge is 0.325 e. The Labute approximate surface area is 207 Å². The lowest BCUT2D eigenvalue weighted by Gasteiger charge is -2.14. The molecule has 1 N–H and O–H groups in total. The molecule has 5 rings (SSSR count). The third-order valence-corrected chi connectivity index (χ3v) is 8.36. The molecule has 0 saturated carbocycles. The standard InChI is InChI=1S/C27H27N3O2S2/c1-16-8-11-19(12-9-16)30-26(32)24-20-6-4-5-7-22(20)34-25(24)29-27(30)33-15-23(31)28-21-13-10-17(2)14-18(21)3/h8-14H,4-7,15H2,1-3H3,(H,28,31). The lowest BCUT2D eigenvalue weighted by atomic mass is 9.97. The van der Waals surface area contributed by atoms with E-state index in [1.54, 1.807) is 15.9 Å². The second-order valence-electron chi connectivity index (χ2n) is 8.92. The highest BCUT2D eigenvalue weighted by atomic mass is 32.2. The minimum Gasteiger partial charge on any atom is -0.325 e. The molecule has 2 aromatic carbocycles. The molecule has 0 radical (unpaired) electrons. The summed E-state index contributed by atoms with van der Waals surface area (Å²) in [5.74, 6) is 0.0506. The smallest absolute Gasteiger partial charge is 0.267 e. The lowest BCUT2D eigenvalue weighted by Crippen LogP contribution is -2.23. The number of hydrogen-bond acceptors (Lipinski definition) is 5. The molecule has 0 aliphatic heterocycles. The van der Waals surface area contributed by atoms with Crippen molar-refractivity contribution in [3.8, 4) is 5.69 Å². The highest BCUT2D eigenvalue weighted by molar-refractivity contribution is 7.99. The fraction of sp³-hybridized carbons (Fsp3) is 0.296. The van der Waals surface area contributed by atoms with Gasteiger partial charge in [0.25, 0.3) is 5.56 Å². The first-order valence-corrected chi connectivity index (χ1v) is 13.3. The third-order valence-electron chi connectivity index (χ3n) is 6.24. The molecule has 0 spiro atoms. The van der Waals surface area contributed by atoms with Gasteiger partial charge in [-0.15, -0.1) is 11.3 Å². The highest BCUT2D eigenvalue weighted by Gasteiger charge is 2.23. The van der Waals surface area contributed by atoms with Crippen molar-refractivity contribution in [3.63, 3.8) is 0 Å². The van der Waals surface area contributed by atoms with E-state index in [2.05, 4.69) is 5.32 Å². The molecule has 0 unspecified atom stereocenters. The first kappa shape index (κ1) is 22.9. The Morgan fingerprint density at radius 2 is 1.79 bits per heavy atom. The molecule has 2 heterocycles. The van der Waals surface area contributed by atoms with Crippen LogP contribution < -0.4 is 10.9 Å². The molecule has 7 heteroatoms. The number of aromatic nitrogens is 2. The maximum absolute atomic E-state index is 13.8. The van der Waals surface area contributed by atoms with Crippen LogP contribution in [0.2, 0.25) is 0 Å². The summed E-state index contributed by atoms with van der Waals surface area (Å²) in [5, 5.41) is 4.30. The number of anilines is 1. The number of hydrogen-bond donors (Lipinski definition) is 1. The predicted molar refractivity (Wildman–Crippen MR) is 142 cm³/mol. The number of thioether (sulfide) groups is 1. The van der Waals surface area contributed by atoms with Gasteiger partial charge in [-0.3, -0.25) is 14.2 Å². The summed E-state index contributed by atoms with van der Waals surface area (Å²) in [6, 6.07) is 13.8. The molecule has 0 bridgehead atoms. The van der Waals surface area contributed by atoms with Gasteiger partial charge in [0.05, 0.1) is 16.8 Å². The third kappa shape index (κ3) is 4.42. The van der Waals surface area contributed by atoms with E-state index in [-0.39, 0.29) is 17.2 Å². The van der Waals surface area contributed by atoms with Crippen LogP contribution in [0.4, 0.5) is 5.69 Å². The molecule has 1 amide bonds. The maximum Gasteiger partial charge on any atom is 0.267 e. The van der Waals surface area contributed by atoms with Gasteiger partial charge in [-0.25, -0.2) is 4.98 Å². The van der Waals surface area contributed by atoms with Crippen molar-refractivity contribution in [2.24, 2.45) is 0 Å². The van der Waals surface area contributed by atoms with E-state index in [1.807, 2.05) is 63.2 Å². The van der Waals surface area contributed by atoms with Gasteiger partial charge in [0, 0.05) is 10.6 Å². The summed E-state index contributed by atoms with van der Waals surface area (Å²) >= 11 is 2.94. The van der Waals surface area contributed by atoms with E-state index in [0.29, 0.717) is 5.16 Å². The van der Waals surface area contributed by atoms with E-state index in [0.717, 1.165) is 64.0 Å². The van der Waals surface area contributed by atoms with Crippen LogP contribution in [0.5, 0.6) is 0 Å². The Morgan fingerprint density at radius 3 is 2.56 bits per heavy atom. The molecule has 2 aromatic heterocycles. The van der Waals surface area contributed by atoms with E-state index < -0.39 is 0 Å². The first-order valence-electron chi connectivity index (χ1n) is 11.5. The number of benzene rings is 2. The van der Waals surface area contributed by atoms with Crippen molar-refractivity contribution in [2.75, 3.05) is 11.1 Å². The van der Waals surface area contributed by atoms with Gasteiger partial charge in [-0.2, -0.15) is 0 Å². The van der Waals surface area contributed by atoms with Gasteiger partial charge >= 0.3 is 0 Å². The number of carbonyl (C=O) groups excluding carboxylic acids is 1. The number of fused-ring (bicyclic) bond motifs is 3. The molecule has 1 aliphatic carbocycles. The average molecular weight is 490 g/mol. The zero-order valence-corrected chi connectivity index (χ0v) is 21.2. The van der Waals surface area contributed by atoms with Gasteiger partial charge in [-0.05, 0) is 75.8 Å². The summed E-state index contributed by atoms with van der Waals surface area (Å²) in [6.45, 7) is 6.04. The van der Waals surface area contributed by atoms with Gasteiger partial charge in [0.2, 0.25) is 5.91 Å². The summed E-state index contributed by atoms with van der Waals surface area (Å²) in [5.41, 5.74) is 6.03.